The standard InChI is InChI=1S/C50H93O13P/c1-3-5-7-9-11-13-15-17-19-20-21-22-23-25-26-28-30-32-34-36-38-43(51)60-40-42(41-61-64(58,59)63-50-48(56)46(54)45(53)47(55)49(50)57)62-44(52)39-37-35-33-31-29-27-24-18-16-14-12-10-8-6-4-2/h18,24,29,31,42,45-50,53-57H,3-17,19-23,25-28,30,32-41H2,1-2H3,(H,58,59)/b24-18+,31-29+/t42-,45?,46-,47?,48?,49?,50?/m0/s1. The molecular weight excluding hydrogens is 840 g/mol. The number of allylic oxidation sites excluding steroid dienone is 4. The summed E-state index contributed by atoms with van der Waals surface area (Å²) in [6.45, 7) is 3.30. The van der Waals surface area contributed by atoms with E-state index in [0.29, 0.717) is 12.8 Å². The topological polar surface area (TPSA) is 210 Å². The van der Waals surface area contributed by atoms with Crippen molar-refractivity contribution >= 4 is 19.8 Å². The van der Waals surface area contributed by atoms with Crippen LogP contribution in [0.3, 0.4) is 0 Å². The van der Waals surface area contributed by atoms with Gasteiger partial charge >= 0.3 is 19.8 Å². The lowest BCUT2D eigenvalue weighted by Crippen LogP contribution is -2.64. The number of aliphatic hydroxyl groups excluding tert-OH is 5. The second-order valence-corrected chi connectivity index (χ2v) is 19.4. The van der Waals surface area contributed by atoms with Crippen LogP contribution in [-0.4, -0.2) is 98.3 Å². The van der Waals surface area contributed by atoms with Gasteiger partial charge in [0.25, 0.3) is 0 Å². The third-order valence-electron chi connectivity index (χ3n) is 12.0. The van der Waals surface area contributed by atoms with Crippen molar-refractivity contribution in [1.82, 2.24) is 0 Å². The Morgan fingerprint density at radius 3 is 1.30 bits per heavy atom. The first-order valence-corrected chi connectivity index (χ1v) is 27.1. The lowest BCUT2D eigenvalue weighted by Gasteiger charge is -2.41. The van der Waals surface area contributed by atoms with Crippen LogP contribution in [0.2, 0.25) is 0 Å². The molecule has 13 nitrogen and oxygen atoms in total. The molecule has 6 N–H and O–H groups in total. The van der Waals surface area contributed by atoms with E-state index in [-0.39, 0.29) is 12.8 Å². The summed E-state index contributed by atoms with van der Waals surface area (Å²) in [5.41, 5.74) is 0. The molecule has 1 aliphatic carbocycles. The van der Waals surface area contributed by atoms with Crippen LogP contribution in [0.5, 0.6) is 0 Å². The summed E-state index contributed by atoms with van der Waals surface area (Å²) >= 11 is 0. The average molecular weight is 933 g/mol. The Hall–Kier alpha value is -1.67. The molecular formula is C50H93O13P. The maximum atomic E-state index is 12.8. The van der Waals surface area contributed by atoms with Gasteiger partial charge in [0.1, 0.15) is 43.2 Å². The number of rotatable bonds is 43. The minimum atomic E-state index is -5.13. The first-order valence-electron chi connectivity index (χ1n) is 25.6. The smallest absolute Gasteiger partial charge is 0.462 e. The predicted octanol–water partition coefficient (Wildman–Crippen LogP) is 10.8. The average Bonchev–Trinajstić information content (AvgIpc) is 3.28. The number of ether oxygens (including phenoxy) is 2. The Balaban J connectivity index is 2.40. The number of aliphatic hydroxyl groups is 5. The minimum Gasteiger partial charge on any atom is -0.462 e. The first kappa shape index (κ1) is 60.3. The fourth-order valence-electron chi connectivity index (χ4n) is 7.91. The van der Waals surface area contributed by atoms with Crippen molar-refractivity contribution in [2.24, 2.45) is 0 Å². The Kier molecular flexibility index (Phi) is 38.1. The van der Waals surface area contributed by atoms with Gasteiger partial charge in [0.2, 0.25) is 0 Å². The van der Waals surface area contributed by atoms with Crippen LogP contribution in [0.1, 0.15) is 226 Å². The molecule has 0 aromatic rings. The van der Waals surface area contributed by atoms with Crippen LogP contribution in [0.4, 0.5) is 0 Å². The van der Waals surface area contributed by atoms with Crippen molar-refractivity contribution in [3.8, 4) is 0 Å². The van der Waals surface area contributed by atoms with Gasteiger partial charge in [0.15, 0.2) is 6.10 Å². The molecule has 1 aliphatic rings. The Morgan fingerprint density at radius 1 is 0.484 bits per heavy atom. The maximum absolute atomic E-state index is 12.8. The Bertz CT molecular complexity index is 1220. The van der Waals surface area contributed by atoms with Gasteiger partial charge in [-0.15, -0.1) is 0 Å². The number of phosphoric ester groups is 1. The van der Waals surface area contributed by atoms with E-state index in [0.717, 1.165) is 44.9 Å². The molecule has 0 amide bonds. The molecule has 0 aromatic heterocycles. The Labute approximate surface area is 387 Å². The molecule has 0 aromatic carbocycles. The van der Waals surface area contributed by atoms with E-state index in [2.05, 4.69) is 38.2 Å². The molecule has 0 aliphatic heterocycles. The van der Waals surface area contributed by atoms with Crippen LogP contribution in [0.25, 0.3) is 0 Å². The van der Waals surface area contributed by atoms with Gasteiger partial charge in [-0.05, 0) is 44.9 Å². The van der Waals surface area contributed by atoms with Gasteiger partial charge in [-0.25, -0.2) is 4.57 Å². The third-order valence-corrected chi connectivity index (χ3v) is 13.0. The second kappa shape index (κ2) is 40.4. The second-order valence-electron chi connectivity index (χ2n) is 18.0. The highest BCUT2D eigenvalue weighted by Crippen LogP contribution is 2.47. The molecule has 0 spiro atoms. The lowest BCUT2D eigenvalue weighted by atomic mass is 9.85. The molecule has 6 unspecified atom stereocenters. The maximum Gasteiger partial charge on any atom is 0.472 e. The Morgan fingerprint density at radius 2 is 0.844 bits per heavy atom. The molecule has 1 saturated carbocycles. The van der Waals surface area contributed by atoms with Crippen molar-refractivity contribution in [3.63, 3.8) is 0 Å². The molecule has 14 heteroatoms. The zero-order valence-electron chi connectivity index (χ0n) is 40.1. The number of hydrogen-bond donors (Lipinski definition) is 6. The molecule has 8 atom stereocenters. The van der Waals surface area contributed by atoms with Crippen LogP contribution in [0.15, 0.2) is 24.3 Å². The zero-order valence-corrected chi connectivity index (χ0v) is 41.0. The van der Waals surface area contributed by atoms with Crippen LogP contribution < -0.4 is 0 Å². The van der Waals surface area contributed by atoms with Crippen molar-refractivity contribution in [2.75, 3.05) is 13.2 Å². The van der Waals surface area contributed by atoms with E-state index in [1.54, 1.807) is 0 Å². The molecule has 1 fully saturated rings. The van der Waals surface area contributed by atoms with E-state index in [1.807, 2.05) is 0 Å². The van der Waals surface area contributed by atoms with E-state index in [1.165, 1.54) is 141 Å². The van der Waals surface area contributed by atoms with Crippen molar-refractivity contribution in [1.29, 1.82) is 0 Å². The van der Waals surface area contributed by atoms with E-state index < -0.39 is 75.7 Å². The van der Waals surface area contributed by atoms with Crippen molar-refractivity contribution in [3.05, 3.63) is 24.3 Å². The summed E-state index contributed by atoms with van der Waals surface area (Å²) < 4.78 is 33.6. The van der Waals surface area contributed by atoms with Crippen molar-refractivity contribution in [2.45, 2.75) is 268 Å². The van der Waals surface area contributed by atoms with E-state index >= 15 is 0 Å². The normalized spacial score (nSPS) is 21.7. The van der Waals surface area contributed by atoms with Gasteiger partial charge in [-0.1, -0.05) is 192 Å². The summed E-state index contributed by atoms with van der Waals surface area (Å²) in [6, 6.07) is 0. The molecule has 1 rings (SSSR count). The third kappa shape index (κ3) is 32.1. The highest BCUT2D eigenvalue weighted by molar-refractivity contribution is 7.47. The summed E-state index contributed by atoms with van der Waals surface area (Å²) in [4.78, 5) is 35.8. The molecule has 0 bridgehead atoms. The van der Waals surface area contributed by atoms with Crippen LogP contribution in [-0.2, 0) is 32.7 Å². The zero-order chi connectivity index (χ0) is 47.1. The van der Waals surface area contributed by atoms with Gasteiger partial charge in [-0.3, -0.25) is 18.6 Å². The predicted molar refractivity (Wildman–Crippen MR) is 254 cm³/mol. The lowest BCUT2D eigenvalue weighted by molar-refractivity contribution is -0.220. The van der Waals surface area contributed by atoms with Gasteiger partial charge < -0.3 is 39.9 Å². The summed E-state index contributed by atoms with van der Waals surface area (Å²) in [5.74, 6) is -1.13. The number of carbonyl (C=O) groups is 2. The number of hydrogen-bond acceptors (Lipinski definition) is 12. The largest absolute Gasteiger partial charge is 0.472 e. The molecule has 0 heterocycles. The number of phosphoric acid groups is 1. The van der Waals surface area contributed by atoms with Crippen molar-refractivity contribution < 1.29 is 63.1 Å². The summed E-state index contributed by atoms with van der Waals surface area (Å²) in [6.07, 6.45) is 32.4. The van der Waals surface area contributed by atoms with Gasteiger partial charge in [0.05, 0.1) is 6.61 Å². The fourth-order valence-corrected chi connectivity index (χ4v) is 8.88. The summed E-state index contributed by atoms with van der Waals surface area (Å²) in [5, 5.41) is 50.2. The first-order chi connectivity index (χ1) is 30.9. The number of esters is 2. The SMILES string of the molecule is CCCCCCCC/C=C/C/C=C/CCCCC(=O)O[C@@H](COC(=O)CCCCCCCCCCCCCCCCCCCCCC)COP(=O)(O)OC1C(O)C(O)C(O)[C@H](O)C1O. The highest BCUT2D eigenvalue weighted by Gasteiger charge is 2.51. The molecule has 64 heavy (non-hydrogen) atoms. The van der Waals surface area contributed by atoms with E-state index in [4.69, 9.17) is 18.5 Å². The van der Waals surface area contributed by atoms with Crippen LogP contribution in [0, 0.1) is 0 Å². The minimum absolute atomic E-state index is 0.0572. The number of carbonyl (C=O) groups excluding carboxylic acids is 2. The quantitative estimate of drug-likeness (QED) is 0.0146. The fraction of sp³-hybridized carbons (Fsp3) is 0.880. The van der Waals surface area contributed by atoms with Gasteiger partial charge in [-0.2, -0.15) is 0 Å². The number of unbranched alkanes of at least 4 members (excludes halogenated alkanes) is 27. The van der Waals surface area contributed by atoms with Gasteiger partial charge in [0, 0.05) is 12.8 Å². The van der Waals surface area contributed by atoms with Crippen LogP contribution >= 0.6 is 7.82 Å². The highest BCUT2D eigenvalue weighted by atomic mass is 31.2. The monoisotopic (exact) mass is 933 g/mol. The van der Waals surface area contributed by atoms with E-state index in [9.17, 15) is 44.6 Å². The molecule has 376 valence electrons. The molecule has 0 radical (unpaired) electrons. The summed E-state index contributed by atoms with van der Waals surface area (Å²) in [7, 11) is -5.13. The molecule has 0 saturated heterocycles.